The first-order chi connectivity index (χ1) is 12.6. The topological polar surface area (TPSA) is 68.3 Å². The molecule has 1 fully saturated rings. The molecule has 1 aliphatic rings. The van der Waals surface area contributed by atoms with Crippen molar-refractivity contribution in [3.8, 4) is 0 Å². The number of hydrogen-bond donors (Lipinski definition) is 0. The zero-order valence-electron chi connectivity index (χ0n) is 15.3. The predicted octanol–water partition coefficient (Wildman–Crippen LogP) is 2.11. The molecule has 7 nitrogen and oxygen atoms in total. The van der Waals surface area contributed by atoms with Gasteiger partial charge in [-0.05, 0) is 38.3 Å². The van der Waals surface area contributed by atoms with Crippen LogP contribution in [-0.4, -0.2) is 48.3 Å². The van der Waals surface area contributed by atoms with E-state index in [4.69, 9.17) is 0 Å². The van der Waals surface area contributed by atoms with Crippen LogP contribution < -0.4 is 0 Å². The first kappa shape index (κ1) is 16.8. The fraction of sp³-hybridized carbons (Fsp3) is 0.474. The Kier molecular flexibility index (Phi) is 4.44. The zero-order valence-corrected chi connectivity index (χ0v) is 15.3. The monoisotopic (exact) mass is 352 g/mol. The van der Waals surface area contributed by atoms with Crippen LogP contribution in [0.25, 0.3) is 5.65 Å². The molecule has 1 amide bonds. The summed E-state index contributed by atoms with van der Waals surface area (Å²) in [4.78, 5) is 18.9. The van der Waals surface area contributed by atoms with Crippen LogP contribution >= 0.6 is 0 Å². The fourth-order valence-electron chi connectivity index (χ4n) is 3.80. The number of hydrogen-bond acceptors (Lipinski definition) is 4. The van der Waals surface area contributed by atoms with Crippen molar-refractivity contribution in [2.75, 3.05) is 13.1 Å². The number of amides is 1. The first-order valence-electron chi connectivity index (χ1n) is 9.18. The van der Waals surface area contributed by atoms with Crippen LogP contribution in [0.4, 0.5) is 0 Å². The van der Waals surface area contributed by atoms with Gasteiger partial charge in [0, 0.05) is 62.3 Å². The third-order valence-corrected chi connectivity index (χ3v) is 5.29. The van der Waals surface area contributed by atoms with E-state index < -0.39 is 0 Å². The van der Waals surface area contributed by atoms with Crippen LogP contribution in [0.3, 0.4) is 0 Å². The second kappa shape index (κ2) is 6.90. The normalized spacial score (nSPS) is 15.7. The first-order valence-corrected chi connectivity index (χ1v) is 9.18. The molecule has 3 aromatic rings. The Balaban J connectivity index is 1.37. The van der Waals surface area contributed by atoms with E-state index >= 15 is 0 Å². The lowest BCUT2D eigenvalue weighted by molar-refractivity contribution is -0.132. The summed E-state index contributed by atoms with van der Waals surface area (Å²) >= 11 is 0. The number of piperidine rings is 1. The van der Waals surface area contributed by atoms with Gasteiger partial charge < -0.3 is 4.90 Å². The number of likely N-dealkylation sites (tertiary alicyclic amines) is 1. The van der Waals surface area contributed by atoms with Gasteiger partial charge in [0.15, 0.2) is 5.65 Å². The van der Waals surface area contributed by atoms with E-state index in [-0.39, 0.29) is 5.91 Å². The van der Waals surface area contributed by atoms with Gasteiger partial charge >= 0.3 is 0 Å². The van der Waals surface area contributed by atoms with Gasteiger partial charge in [0.2, 0.25) is 5.91 Å². The minimum absolute atomic E-state index is 0.236. The molecular formula is C19H24N6O. The number of aryl methyl sites for hydroxylation is 3. The molecule has 0 atom stereocenters. The van der Waals surface area contributed by atoms with E-state index in [2.05, 4.69) is 21.2 Å². The molecule has 0 bridgehead atoms. The van der Waals surface area contributed by atoms with Crippen LogP contribution in [0.5, 0.6) is 0 Å². The Hall–Kier alpha value is -2.70. The van der Waals surface area contributed by atoms with E-state index in [1.807, 2.05) is 46.4 Å². The van der Waals surface area contributed by atoms with Crippen LogP contribution in [0.15, 0.2) is 30.6 Å². The van der Waals surface area contributed by atoms with Gasteiger partial charge in [-0.3, -0.25) is 9.48 Å². The summed E-state index contributed by atoms with van der Waals surface area (Å²) in [6.45, 7) is 3.60. The molecule has 1 aliphatic heterocycles. The Morgan fingerprint density at radius 1 is 1.23 bits per heavy atom. The molecule has 0 N–H and O–H groups in total. The molecule has 0 aliphatic carbocycles. The Labute approximate surface area is 152 Å². The van der Waals surface area contributed by atoms with E-state index in [0.29, 0.717) is 12.3 Å². The maximum absolute atomic E-state index is 12.5. The van der Waals surface area contributed by atoms with Crippen molar-refractivity contribution in [1.82, 2.24) is 29.3 Å². The highest BCUT2D eigenvalue weighted by Gasteiger charge is 2.25. The van der Waals surface area contributed by atoms with Gasteiger partial charge in [-0.1, -0.05) is 0 Å². The zero-order chi connectivity index (χ0) is 18.1. The smallest absolute Gasteiger partial charge is 0.222 e. The van der Waals surface area contributed by atoms with Crippen molar-refractivity contribution in [2.45, 2.75) is 38.5 Å². The molecule has 26 heavy (non-hydrogen) atoms. The third-order valence-electron chi connectivity index (χ3n) is 5.29. The molecular weight excluding hydrogens is 328 g/mol. The lowest BCUT2D eigenvalue weighted by Crippen LogP contribution is -2.38. The van der Waals surface area contributed by atoms with Gasteiger partial charge in [0.1, 0.15) is 0 Å². The highest BCUT2D eigenvalue weighted by Crippen LogP contribution is 2.28. The summed E-state index contributed by atoms with van der Waals surface area (Å²) in [5.74, 6) is 0.653. The van der Waals surface area contributed by atoms with Crippen molar-refractivity contribution in [2.24, 2.45) is 7.05 Å². The van der Waals surface area contributed by atoms with Crippen molar-refractivity contribution in [3.05, 3.63) is 47.7 Å². The second-order valence-corrected chi connectivity index (χ2v) is 7.03. The average molecular weight is 352 g/mol. The number of aromatic nitrogens is 5. The summed E-state index contributed by atoms with van der Waals surface area (Å²) in [6, 6.07) is 6.03. The van der Waals surface area contributed by atoms with Crippen molar-refractivity contribution in [1.29, 1.82) is 0 Å². The molecule has 1 saturated heterocycles. The molecule has 0 aromatic carbocycles. The molecule has 3 aromatic heterocycles. The van der Waals surface area contributed by atoms with Crippen LogP contribution in [-0.2, 0) is 18.3 Å². The lowest BCUT2D eigenvalue weighted by atomic mass is 9.93. The van der Waals surface area contributed by atoms with Gasteiger partial charge in [-0.2, -0.15) is 10.2 Å². The fourth-order valence-corrected chi connectivity index (χ4v) is 3.80. The minimum Gasteiger partial charge on any atom is -0.343 e. The van der Waals surface area contributed by atoms with E-state index in [9.17, 15) is 4.79 Å². The highest BCUT2D eigenvalue weighted by atomic mass is 16.2. The molecule has 0 unspecified atom stereocenters. The Morgan fingerprint density at radius 3 is 2.77 bits per heavy atom. The number of fused-ring (bicyclic) bond motifs is 1. The lowest BCUT2D eigenvalue weighted by Gasteiger charge is -2.32. The van der Waals surface area contributed by atoms with Crippen LogP contribution in [0.1, 0.15) is 42.3 Å². The largest absolute Gasteiger partial charge is 0.343 e. The Bertz CT molecular complexity index is 919. The van der Waals surface area contributed by atoms with E-state index in [0.717, 1.165) is 49.4 Å². The molecule has 7 heteroatoms. The third kappa shape index (κ3) is 3.21. The predicted molar refractivity (Wildman–Crippen MR) is 97.8 cm³/mol. The standard InChI is InChI=1S/C19H24N6O/c1-14-13-18-20-9-6-17(25(18)22-14)15-7-11-24(12-8-15)19(26)4-3-16-5-10-21-23(16)2/h5-6,9-10,13,15H,3-4,7-8,11-12H2,1-2H3. The molecule has 0 spiro atoms. The average Bonchev–Trinajstić information content (AvgIpc) is 3.23. The van der Waals surface area contributed by atoms with Gasteiger partial charge in [-0.15, -0.1) is 0 Å². The number of carbonyl (C=O) groups excluding carboxylic acids is 1. The summed E-state index contributed by atoms with van der Waals surface area (Å²) in [5.41, 5.74) is 4.17. The van der Waals surface area contributed by atoms with Gasteiger partial charge in [0.05, 0.1) is 5.69 Å². The van der Waals surface area contributed by atoms with Gasteiger partial charge in [-0.25, -0.2) is 9.50 Å². The molecule has 136 valence electrons. The van der Waals surface area contributed by atoms with E-state index in [1.54, 1.807) is 6.20 Å². The van der Waals surface area contributed by atoms with E-state index in [1.165, 1.54) is 5.69 Å². The summed E-state index contributed by atoms with van der Waals surface area (Å²) in [5, 5.41) is 8.73. The van der Waals surface area contributed by atoms with Crippen molar-refractivity contribution in [3.63, 3.8) is 0 Å². The highest BCUT2D eigenvalue weighted by molar-refractivity contribution is 5.76. The summed E-state index contributed by atoms with van der Waals surface area (Å²) in [6.07, 6.45) is 6.86. The SMILES string of the molecule is Cc1cc2nccc(C3CCN(C(=O)CCc4ccnn4C)CC3)n2n1. The second-order valence-electron chi connectivity index (χ2n) is 7.03. The molecule has 4 rings (SSSR count). The maximum Gasteiger partial charge on any atom is 0.222 e. The number of rotatable bonds is 4. The number of carbonyl (C=O) groups is 1. The summed E-state index contributed by atoms with van der Waals surface area (Å²) in [7, 11) is 1.91. The van der Waals surface area contributed by atoms with Crippen molar-refractivity contribution >= 4 is 11.6 Å². The Morgan fingerprint density at radius 2 is 2.04 bits per heavy atom. The maximum atomic E-state index is 12.5. The quantitative estimate of drug-likeness (QED) is 0.721. The van der Waals surface area contributed by atoms with Crippen LogP contribution in [0, 0.1) is 6.92 Å². The van der Waals surface area contributed by atoms with Crippen molar-refractivity contribution < 1.29 is 4.79 Å². The minimum atomic E-state index is 0.236. The number of nitrogens with zero attached hydrogens (tertiary/aromatic N) is 6. The molecule has 0 radical (unpaired) electrons. The van der Waals surface area contributed by atoms with Gasteiger partial charge in [0.25, 0.3) is 0 Å². The summed E-state index contributed by atoms with van der Waals surface area (Å²) < 4.78 is 3.79. The van der Waals surface area contributed by atoms with Crippen LogP contribution in [0.2, 0.25) is 0 Å². The molecule has 4 heterocycles. The molecule has 0 saturated carbocycles.